The summed E-state index contributed by atoms with van der Waals surface area (Å²) in [5, 5.41) is 3.44. The van der Waals surface area contributed by atoms with E-state index in [-0.39, 0.29) is 12.4 Å². The molecule has 3 rings (SSSR count). The third kappa shape index (κ3) is 2.00. The molecule has 2 heterocycles. The SMILES string of the molecule is Cc1cccc(C2=C[C@H]3CNC[C@H]3C2)n1.Cl. The maximum Gasteiger partial charge on any atom is 0.0661 e. The second kappa shape index (κ2) is 4.56. The third-order valence-corrected chi connectivity index (χ3v) is 3.51. The molecule has 1 saturated heterocycles. The molecule has 1 aliphatic heterocycles. The van der Waals surface area contributed by atoms with Gasteiger partial charge in [-0.05, 0) is 49.4 Å². The van der Waals surface area contributed by atoms with Gasteiger partial charge < -0.3 is 5.32 Å². The minimum atomic E-state index is 0. The first-order valence-electron chi connectivity index (χ1n) is 5.68. The van der Waals surface area contributed by atoms with Crippen LogP contribution in [0.4, 0.5) is 0 Å². The molecule has 1 fully saturated rings. The smallest absolute Gasteiger partial charge is 0.0661 e. The minimum Gasteiger partial charge on any atom is -0.316 e. The largest absolute Gasteiger partial charge is 0.316 e. The molecule has 0 unspecified atom stereocenters. The van der Waals surface area contributed by atoms with Crippen LogP contribution in [0.3, 0.4) is 0 Å². The van der Waals surface area contributed by atoms with Crippen molar-refractivity contribution in [2.24, 2.45) is 11.8 Å². The third-order valence-electron chi connectivity index (χ3n) is 3.51. The molecule has 2 nitrogen and oxygen atoms in total. The molecule has 86 valence electrons. The van der Waals surface area contributed by atoms with Crippen LogP contribution in [0.1, 0.15) is 17.8 Å². The van der Waals surface area contributed by atoms with Gasteiger partial charge in [0.25, 0.3) is 0 Å². The van der Waals surface area contributed by atoms with Gasteiger partial charge in [0.15, 0.2) is 0 Å². The van der Waals surface area contributed by atoms with Crippen molar-refractivity contribution in [3.8, 4) is 0 Å². The molecule has 1 aromatic rings. The number of pyridine rings is 1. The second-order valence-corrected chi connectivity index (χ2v) is 4.64. The van der Waals surface area contributed by atoms with Gasteiger partial charge in [0, 0.05) is 12.2 Å². The van der Waals surface area contributed by atoms with Crippen LogP contribution in [-0.2, 0) is 0 Å². The number of fused-ring (bicyclic) bond motifs is 1. The van der Waals surface area contributed by atoms with Crippen molar-refractivity contribution in [2.45, 2.75) is 13.3 Å². The molecule has 0 amide bonds. The number of rotatable bonds is 1. The van der Waals surface area contributed by atoms with Crippen molar-refractivity contribution in [3.05, 3.63) is 35.7 Å². The first-order valence-corrected chi connectivity index (χ1v) is 5.68. The van der Waals surface area contributed by atoms with E-state index in [1.807, 2.05) is 0 Å². The molecular weight excluding hydrogens is 220 g/mol. The van der Waals surface area contributed by atoms with Crippen LogP contribution in [-0.4, -0.2) is 18.1 Å². The van der Waals surface area contributed by atoms with Gasteiger partial charge in [-0.1, -0.05) is 12.1 Å². The molecule has 1 aliphatic carbocycles. The Morgan fingerprint density at radius 2 is 2.19 bits per heavy atom. The van der Waals surface area contributed by atoms with Gasteiger partial charge in [-0.3, -0.25) is 4.98 Å². The predicted molar refractivity (Wildman–Crippen MR) is 68.7 cm³/mol. The Balaban J connectivity index is 0.000000963. The van der Waals surface area contributed by atoms with Crippen LogP contribution in [0.5, 0.6) is 0 Å². The van der Waals surface area contributed by atoms with E-state index < -0.39 is 0 Å². The lowest BCUT2D eigenvalue weighted by atomic mass is 9.99. The summed E-state index contributed by atoms with van der Waals surface area (Å²) >= 11 is 0. The van der Waals surface area contributed by atoms with Crippen LogP contribution < -0.4 is 5.32 Å². The van der Waals surface area contributed by atoms with Crippen molar-refractivity contribution in [1.82, 2.24) is 10.3 Å². The number of hydrogen-bond acceptors (Lipinski definition) is 2. The number of allylic oxidation sites excluding steroid dienone is 1. The Kier molecular flexibility index (Phi) is 3.31. The number of aryl methyl sites for hydroxylation is 1. The molecular formula is C13H17ClN2. The molecule has 0 radical (unpaired) electrons. The standard InChI is InChI=1S/C13H16N2.ClH/c1-9-3-2-4-13(15-9)10-5-11-7-14-8-12(11)6-10;/h2-5,11-12,14H,6-8H2,1H3;1H/t11-,12+;/m0./s1. The number of halogens is 1. The lowest BCUT2D eigenvalue weighted by Crippen LogP contribution is -2.09. The molecule has 0 aromatic carbocycles. The van der Waals surface area contributed by atoms with Crippen LogP contribution in [0.2, 0.25) is 0 Å². The average Bonchev–Trinajstić information content (AvgIpc) is 2.76. The summed E-state index contributed by atoms with van der Waals surface area (Å²) in [5.41, 5.74) is 3.75. The van der Waals surface area contributed by atoms with E-state index in [0.29, 0.717) is 0 Å². The number of nitrogens with zero attached hydrogens (tertiary/aromatic N) is 1. The van der Waals surface area contributed by atoms with Gasteiger partial charge in [0.05, 0.1) is 5.69 Å². The molecule has 2 atom stereocenters. The fourth-order valence-corrected chi connectivity index (χ4v) is 2.69. The van der Waals surface area contributed by atoms with Crippen LogP contribution in [0.25, 0.3) is 5.57 Å². The van der Waals surface area contributed by atoms with Crippen LogP contribution in [0, 0.1) is 18.8 Å². The van der Waals surface area contributed by atoms with Gasteiger partial charge in [0.1, 0.15) is 0 Å². The van der Waals surface area contributed by atoms with Crippen molar-refractivity contribution in [3.63, 3.8) is 0 Å². The Bertz CT molecular complexity index is 414. The van der Waals surface area contributed by atoms with E-state index in [4.69, 9.17) is 0 Å². The van der Waals surface area contributed by atoms with E-state index in [9.17, 15) is 0 Å². The van der Waals surface area contributed by atoms with Crippen molar-refractivity contribution in [1.29, 1.82) is 0 Å². The maximum atomic E-state index is 4.59. The minimum absolute atomic E-state index is 0. The molecule has 0 saturated carbocycles. The molecule has 0 bridgehead atoms. The van der Waals surface area contributed by atoms with Crippen LogP contribution >= 0.6 is 12.4 Å². The molecule has 3 heteroatoms. The van der Waals surface area contributed by atoms with Gasteiger partial charge >= 0.3 is 0 Å². The second-order valence-electron chi connectivity index (χ2n) is 4.64. The Hall–Kier alpha value is -0.860. The van der Waals surface area contributed by atoms with Gasteiger partial charge in [0.2, 0.25) is 0 Å². The summed E-state index contributed by atoms with van der Waals surface area (Å²) in [5.74, 6) is 1.57. The van der Waals surface area contributed by atoms with Gasteiger partial charge in [-0.2, -0.15) is 0 Å². The molecule has 16 heavy (non-hydrogen) atoms. The summed E-state index contributed by atoms with van der Waals surface area (Å²) in [6.07, 6.45) is 3.63. The van der Waals surface area contributed by atoms with E-state index in [1.54, 1.807) is 0 Å². The first kappa shape index (κ1) is 11.6. The highest BCUT2D eigenvalue weighted by atomic mass is 35.5. The van der Waals surface area contributed by atoms with Gasteiger partial charge in [-0.15, -0.1) is 12.4 Å². The van der Waals surface area contributed by atoms with E-state index in [1.165, 1.54) is 24.2 Å². The summed E-state index contributed by atoms with van der Waals surface area (Å²) in [6, 6.07) is 6.29. The van der Waals surface area contributed by atoms with Crippen molar-refractivity contribution < 1.29 is 0 Å². The number of aromatic nitrogens is 1. The average molecular weight is 237 g/mol. The molecule has 0 spiro atoms. The monoisotopic (exact) mass is 236 g/mol. The molecule has 1 N–H and O–H groups in total. The topological polar surface area (TPSA) is 24.9 Å². The number of hydrogen-bond donors (Lipinski definition) is 1. The summed E-state index contributed by atoms with van der Waals surface area (Å²) in [4.78, 5) is 4.59. The summed E-state index contributed by atoms with van der Waals surface area (Å²) in [7, 11) is 0. The highest BCUT2D eigenvalue weighted by Crippen LogP contribution is 2.37. The Labute approximate surface area is 103 Å². The fourth-order valence-electron chi connectivity index (χ4n) is 2.69. The highest BCUT2D eigenvalue weighted by Gasteiger charge is 2.32. The fraction of sp³-hybridized carbons (Fsp3) is 0.462. The maximum absolute atomic E-state index is 4.59. The lowest BCUT2D eigenvalue weighted by Gasteiger charge is -2.06. The van der Waals surface area contributed by atoms with E-state index >= 15 is 0 Å². The highest BCUT2D eigenvalue weighted by molar-refractivity contribution is 5.85. The zero-order valence-electron chi connectivity index (χ0n) is 9.44. The van der Waals surface area contributed by atoms with Crippen molar-refractivity contribution in [2.75, 3.05) is 13.1 Å². The zero-order chi connectivity index (χ0) is 10.3. The first-order chi connectivity index (χ1) is 7.33. The van der Waals surface area contributed by atoms with E-state index in [0.717, 1.165) is 24.1 Å². The van der Waals surface area contributed by atoms with Crippen LogP contribution in [0.15, 0.2) is 24.3 Å². The van der Waals surface area contributed by atoms with E-state index in [2.05, 4.69) is 41.5 Å². The lowest BCUT2D eigenvalue weighted by molar-refractivity contribution is 0.536. The predicted octanol–water partition coefficient (Wildman–Crippen LogP) is 2.43. The number of nitrogens with one attached hydrogen (secondary N) is 1. The quantitative estimate of drug-likeness (QED) is 0.810. The Morgan fingerprint density at radius 1 is 1.31 bits per heavy atom. The molecule has 2 aliphatic rings. The summed E-state index contributed by atoms with van der Waals surface area (Å²) in [6.45, 7) is 4.39. The van der Waals surface area contributed by atoms with Gasteiger partial charge in [-0.25, -0.2) is 0 Å². The summed E-state index contributed by atoms with van der Waals surface area (Å²) < 4.78 is 0. The normalized spacial score (nSPS) is 27.2. The molecule has 1 aromatic heterocycles. The zero-order valence-corrected chi connectivity index (χ0v) is 10.3. The van der Waals surface area contributed by atoms with Crippen molar-refractivity contribution >= 4 is 18.0 Å². The Morgan fingerprint density at radius 3 is 2.94 bits per heavy atom.